The van der Waals surface area contributed by atoms with Crippen LogP contribution in [-0.2, 0) is 21.1 Å². The van der Waals surface area contributed by atoms with Crippen molar-refractivity contribution in [3.05, 3.63) is 48.0 Å². The molecule has 2 rings (SSSR count). The van der Waals surface area contributed by atoms with Crippen molar-refractivity contribution in [2.24, 2.45) is 0 Å². The van der Waals surface area contributed by atoms with Crippen molar-refractivity contribution in [2.75, 3.05) is 12.0 Å². The van der Waals surface area contributed by atoms with E-state index in [1.54, 1.807) is 0 Å². The van der Waals surface area contributed by atoms with E-state index in [-0.39, 0.29) is 18.0 Å². The van der Waals surface area contributed by atoms with Crippen LogP contribution in [0.1, 0.15) is 12.0 Å². The number of sulfone groups is 1. The third kappa shape index (κ3) is 4.17. The van der Waals surface area contributed by atoms with Gasteiger partial charge >= 0.3 is 0 Å². The summed E-state index contributed by atoms with van der Waals surface area (Å²) < 4.78 is 22.0. The molecule has 3 nitrogen and oxygen atoms in total. The summed E-state index contributed by atoms with van der Waals surface area (Å²) in [7, 11) is -3.07. The Bertz CT molecular complexity index is 702. The maximum Gasteiger partial charge on any atom is 0.147 e. The molecule has 0 N–H and O–H groups in total. The Hall–Kier alpha value is -1.68. The van der Waals surface area contributed by atoms with Crippen LogP contribution in [0.3, 0.4) is 0 Å². The average Bonchev–Trinajstić information content (AvgIpc) is 2.35. The lowest BCUT2D eigenvalue weighted by atomic mass is 10.0. The molecule has 0 atom stereocenters. The van der Waals surface area contributed by atoms with Crippen LogP contribution in [0.5, 0.6) is 0 Å². The molecular formula is C15H16O3S. The number of fused-ring (bicyclic) bond motifs is 1. The molecule has 0 aliphatic rings. The highest BCUT2D eigenvalue weighted by molar-refractivity contribution is 7.90. The zero-order chi connectivity index (χ0) is 13.9. The summed E-state index contributed by atoms with van der Waals surface area (Å²) in [4.78, 5) is 11.7. The van der Waals surface area contributed by atoms with Crippen LogP contribution in [0.2, 0.25) is 0 Å². The number of ketones is 1. The third-order valence-corrected chi connectivity index (χ3v) is 3.91. The van der Waals surface area contributed by atoms with Crippen LogP contribution in [0.15, 0.2) is 42.5 Å². The largest absolute Gasteiger partial charge is 0.299 e. The summed E-state index contributed by atoms with van der Waals surface area (Å²) in [5.41, 5.74) is 0.928. The van der Waals surface area contributed by atoms with Crippen molar-refractivity contribution in [1.82, 2.24) is 0 Å². The fourth-order valence-electron chi connectivity index (χ4n) is 1.96. The van der Waals surface area contributed by atoms with E-state index in [2.05, 4.69) is 0 Å². The number of hydrogen-bond donors (Lipinski definition) is 0. The number of benzene rings is 2. The van der Waals surface area contributed by atoms with E-state index in [0.717, 1.165) is 22.6 Å². The van der Waals surface area contributed by atoms with E-state index in [4.69, 9.17) is 0 Å². The zero-order valence-corrected chi connectivity index (χ0v) is 11.6. The Morgan fingerprint density at radius 1 is 1.05 bits per heavy atom. The second-order valence-electron chi connectivity index (χ2n) is 4.78. The van der Waals surface area contributed by atoms with Gasteiger partial charge in [0, 0.05) is 19.1 Å². The smallest absolute Gasteiger partial charge is 0.147 e. The normalized spacial score (nSPS) is 11.6. The molecule has 0 saturated heterocycles. The Kier molecular flexibility index (Phi) is 4.00. The van der Waals surface area contributed by atoms with Gasteiger partial charge in [-0.15, -0.1) is 0 Å². The summed E-state index contributed by atoms with van der Waals surface area (Å²) >= 11 is 0. The van der Waals surface area contributed by atoms with Gasteiger partial charge in [-0.25, -0.2) is 8.42 Å². The van der Waals surface area contributed by atoms with Crippen LogP contribution < -0.4 is 0 Å². The molecule has 4 heteroatoms. The highest BCUT2D eigenvalue weighted by Crippen LogP contribution is 2.16. The first-order valence-electron chi connectivity index (χ1n) is 6.11. The third-order valence-electron chi connectivity index (χ3n) is 2.97. The van der Waals surface area contributed by atoms with Crippen molar-refractivity contribution in [2.45, 2.75) is 12.8 Å². The summed E-state index contributed by atoms with van der Waals surface area (Å²) in [6.07, 6.45) is 1.53. The number of rotatable bonds is 5. The number of carbonyl (C=O) groups excluding carboxylic acids is 1. The molecule has 0 bridgehead atoms. The summed E-state index contributed by atoms with van der Waals surface area (Å²) in [5.74, 6) is -0.111. The summed E-state index contributed by atoms with van der Waals surface area (Å²) in [5, 5.41) is 2.23. The minimum Gasteiger partial charge on any atom is -0.299 e. The molecule has 0 amide bonds. The van der Waals surface area contributed by atoms with Gasteiger partial charge in [-0.05, 0) is 16.3 Å². The predicted octanol–water partition coefficient (Wildman–Crippen LogP) is 2.39. The Morgan fingerprint density at radius 2 is 1.74 bits per heavy atom. The van der Waals surface area contributed by atoms with E-state index >= 15 is 0 Å². The van der Waals surface area contributed by atoms with E-state index < -0.39 is 9.84 Å². The van der Waals surface area contributed by atoms with Crippen LogP contribution in [-0.4, -0.2) is 26.2 Å². The van der Waals surface area contributed by atoms with Gasteiger partial charge < -0.3 is 0 Å². The molecule has 19 heavy (non-hydrogen) atoms. The number of hydrogen-bond acceptors (Lipinski definition) is 3. The molecule has 2 aromatic carbocycles. The molecule has 0 heterocycles. The quantitative estimate of drug-likeness (QED) is 0.842. The number of Topliss-reactive ketones (excluding diaryl/α,β-unsaturated/α-hetero) is 1. The van der Waals surface area contributed by atoms with Crippen LogP contribution in [0, 0.1) is 0 Å². The second-order valence-corrected chi connectivity index (χ2v) is 7.04. The van der Waals surface area contributed by atoms with Crippen molar-refractivity contribution < 1.29 is 13.2 Å². The van der Waals surface area contributed by atoms with E-state index in [9.17, 15) is 13.2 Å². The fourth-order valence-corrected chi connectivity index (χ4v) is 2.56. The molecule has 2 aromatic rings. The standard InChI is InChI=1S/C15H16O3S/c1-19(17,18)9-8-15(16)11-12-6-7-13-4-2-3-5-14(13)10-12/h2-7,10H,8-9,11H2,1H3. The van der Waals surface area contributed by atoms with E-state index in [1.165, 1.54) is 0 Å². The molecule has 0 fully saturated rings. The molecule has 0 spiro atoms. The topological polar surface area (TPSA) is 51.2 Å². The van der Waals surface area contributed by atoms with Gasteiger partial charge in [0.25, 0.3) is 0 Å². The molecule has 0 aliphatic heterocycles. The monoisotopic (exact) mass is 276 g/mol. The number of carbonyl (C=O) groups is 1. The zero-order valence-electron chi connectivity index (χ0n) is 10.8. The van der Waals surface area contributed by atoms with Gasteiger partial charge in [-0.2, -0.15) is 0 Å². The summed E-state index contributed by atoms with van der Waals surface area (Å²) in [6.45, 7) is 0. The summed E-state index contributed by atoms with van der Waals surface area (Å²) in [6, 6.07) is 13.8. The molecule has 0 saturated carbocycles. The SMILES string of the molecule is CS(=O)(=O)CCC(=O)Cc1ccc2ccccc2c1. The molecule has 0 radical (unpaired) electrons. The predicted molar refractivity (Wildman–Crippen MR) is 77.0 cm³/mol. The van der Waals surface area contributed by atoms with Crippen LogP contribution in [0.25, 0.3) is 10.8 Å². The second kappa shape index (κ2) is 5.53. The van der Waals surface area contributed by atoms with Gasteiger partial charge in [0.05, 0.1) is 5.75 Å². The van der Waals surface area contributed by atoms with E-state index in [1.807, 2.05) is 42.5 Å². The average molecular weight is 276 g/mol. The lowest BCUT2D eigenvalue weighted by Gasteiger charge is -2.03. The van der Waals surface area contributed by atoms with Crippen LogP contribution >= 0.6 is 0 Å². The molecule has 0 aromatic heterocycles. The minimum absolute atomic E-state index is 0.0410. The lowest BCUT2D eigenvalue weighted by Crippen LogP contribution is -2.11. The Morgan fingerprint density at radius 3 is 2.42 bits per heavy atom. The lowest BCUT2D eigenvalue weighted by molar-refractivity contribution is -0.118. The Labute approximate surface area is 113 Å². The first-order chi connectivity index (χ1) is 8.94. The minimum atomic E-state index is -3.07. The van der Waals surface area contributed by atoms with E-state index in [0.29, 0.717) is 6.42 Å². The molecule has 100 valence electrons. The maximum absolute atomic E-state index is 11.7. The first kappa shape index (κ1) is 13.7. The van der Waals surface area contributed by atoms with Gasteiger partial charge in [-0.3, -0.25) is 4.79 Å². The van der Waals surface area contributed by atoms with Crippen molar-refractivity contribution in [3.8, 4) is 0 Å². The van der Waals surface area contributed by atoms with Crippen molar-refractivity contribution in [1.29, 1.82) is 0 Å². The highest BCUT2D eigenvalue weighted by Gasteiger charge is 2.09. The van der Waals surface area contributed by atoms with Crippen molar-refractivity contribution >= 4 is 26.4 Å². The Balaban J connectivity index is 2.07. The highest BCUT2D eigenvalue weighted by atomic mass is 32.2. The molecule has 0 aliphatic carbocycles. The molecule has 0 unspecified atom stereocenters. The molecular weight excluding hydrogens is 260 g/mol. The van der Waals surface area contributed by atoms with Gasteiger partial charge in [0.2, 0.25) is 0 Å². The van der Waals surface area contributed by atoms with Gasteiger partial charge in [0.15, 0.2) is 0 Å². The maximum atomic E-state index is 11.7. The first-order valence-corrected chi connectivity index (χ1v) is 8.17. The van der Waals surface area contributed by atoms with Crippen molar-refractivity contribution in [3.63, 3.8) is 0 Å². The van der Waals surface area contributed by atoms with Gasteiger partial charge in [-0.1, -0.05) is 42.5 Å². The van der Waals surface area contributed by atoms with Gasteiger partial charge in [0.1, 0.15) is 15.6 Å². The van der Waals surface area contributed by atoms with Crippen LogP contribution in [0.4, 0.5) is 0 Å². The fraction of sp³-hybridized carbons (Fsp3) is 0.267.